The third kappa shape index (κ3) is 5.77. The maximum absolute atomic E-state index is 12.5. The zero-order valence-electron chi connectivity index (χ0n) is 16.7. The average molecular weight is 443 g/mol. The van der Waals surface area contributed by atoms with Gasteiger partial charge in [0.1, 0.15) is 0 Å². The van der Waals surface area contributed by atoms with Gasteiger partial charge in [0, 0.05) is 37.9 Å². The standard InChI is InChI=1S/C21H30N4O2.2ClH/c26-20(25-12-10-24(11-13-25)17-7-2-1-3-8-17)15-22-21(27)19-14-16-6-4-5-9-18(16)23-19;;/h1-3,7-8,16,18-19,23H,4-6,9-15H2,(H,22,27);2*1H. The minimum Gasteiger partial charge on any atom is -0.368 e. The lowest BCUT2D eigenvalue weighted by Gasteiger charge is -2.36. The summed E-state index contributed by atoms with van der Waals surface area (Å²) in [5.74, 6) is 0.642. The SMILES string of the molecule is Cl.Cl.O=C(NCC(=O)N1CCN(c2ccccc2)CC1)C1CC2CCCCC2N1. The van der Waals surface area contributed by atoms with Crippen LogP contribution < -0.4 is 15.5 Å². The minimum atomic E-state index is -0.124. The topological polar surface area (TPSA) is 64.7 Å². The molecule has 3 aliphatic rings. The first-order valence-electron chi connectivity index (χ1n) is 10.3. The zero-order valence-corrected chi connectivity index (χ0v) is 18.4. The van der Waals surface area contributed by atoms with Crippen molar-refractivity contribution >= 4 is 42.3 Å². The lowest BCUT2D eigenvalue weighted by Crippen LogP contribution is -2.52. The van der Waals surface area contributed by atoms with Crippen LogP contribution in [0.5, 0.6) is 0 Å². The van der Waals surface area contributed by atoms with E-state index in [9.17, 15) is 9.59 Å². The highest BCUT2D eigenvalue weighted by Gasteiger charge is 2.38. The van der Waals surface area contributed by atoms with E-state index in [4.69, 9.17) is 0 Å². The number of benzene rings is 1. The first-order chi connectivity index (χ1) is 13.2. The van der Waals surface area contributed by atoms with Gasteiger partial charge >= 0.3 is 0 Å². The number of amides is 2. The van der Waals surface area contributed by atoms with Crippen LogP contribution in [-0.4, -0.2) is 61.5 Å². The van der Waals surface area contributed by atoms with E-state index >= 15 is 0 Å². The van der Waals surface area contributed by atoms with Crippen LogP contribution in [-0.2, 0) is 9.59 Å². The molecule has 1 aromatic carbocycles. The van der Waals surface area contributed by atoms with E-state index in [1.54, 1.807) is 0 Å². The number of hydrogen-bond donors (Lipinski definition) is 2. The second-order valence-corrected chi connectivity index (χ2v) is 8.03. The second kappa shape index (κ2) is 11.0. The molecule has 2 amide bonds. The summed E-state index contributed by atoms with van der Waals surface area (Å²) in [6, 6.07) is 10.7. The number of piperazine rings is 1. The fourth-order valence-corrected chi connectivity index (χ4v) is 4.77. The Kier molecular flexibility index (Phi) is 9.05. The summed E-state index contributed by atoms with van der Waals surface area (Å²) in [6.07, 6.45) is 5.87. The molecule has 0 spiro atoms. The van der Waals surface area contributed by atoms with Crippen molar-refractivity contribution < 1.29 is 9.59 Å². The van der Waals surface area contributed by atoms with Gasteiger partial charge in [-0.1, -0.05) is 31.0 Å². The third-order valence-electron chi connectivity index (χ3n) is 6.35. The molecule has 0 radical (unpaired) electrons. The van der Waals surface area contributed by atoms with Gasteiger partial charge in [0.05, 0.1) is 12.6 Å². The Morgan fingerprint density at radius 3 is 2.38 bits per heavy atom. The molecule has 6 nitrogen and oxygen atoms in total. The molecule has 1 aliphatic carbocycles. The van der Waals surface area contributed by atoms with E-state index in [2.05, 4.69) is 27.7 Å². The quantitative estimate of drug-likeness (QED) is 0.749. The molecular weight excluding hydrogens is 411 g/mol. The molecule has 0 bridgehead atoms. The molecular formula is C21H32Cl2N4O2. The number of nitrogens with one attached hydrogen (secondary N) is 2. The highest BCUT2D eigenvalue weighted by atomic mass is 35.5. The van der Waals surface area contributed by atoms with Crippen LogP contribution in [0.4, 0.5) is 5.69 Å². The van der Waals surface area contributed by atoms with Gasteiger partial charge in [-0.25, -0.2) is 0 Å². The van der Waals surface area contributed by atoms with Crippen LogP contribution >= 0.6 is 24.8 Å². The molecule has 1 aromatic rings. The van der Waals surface area contributed by atoms with Gasteiger partial charge < -0.3 is 20.4 Å². The first kappa shape index (κ1) is 23.8. The highest BCUT2D eigenvalue weighted by Crippen LogP contribution is 2.33. The van der Waals surface area contributed by atoms with Crippen molar-refractivity contribution in [3.63, 3.8) is 0 Å². The van der Waals surface area contributed by atoms with Gasteiger partial charge in [0.2, 0.25) is 11.8 Å². The summed E-state index contributed by atoms with van der Waals surface area (Å²) in [5, 5.41) is 6.34. The molecule has 4 rings (SSSR count). The van der Waals surface area contributed by atoms with Crippen molar-refractivity contribution in [2.45, 2.75) is 44.2 Å². The lowest BCUT2D eigenvalue weighted by atomic mass is 9.85. The van der Waals surface area contributed by atoms with Crippen LogP contribution in [0.2, 0.25) is 0 Å². The molecule has 29 heavy (non-hydrogen) atoms. The van der Waals surface area contributed by atoms with Crippen LogP contribution in [0.1, 0.15) is 32.1 Å². The van der Waals surface area contributed by atoms with Crippen molar-refractivity contribution in [1.29, 1.82) is 0 Å². The fourth-order valence-electron chi connectivity index (χ4n) is 4.77. The number of carbonyl (C=O) groups is 2. The third-order valence-corrected chi connectivity index (χ3v) is 6.35. The smallest absolute Gasteiger partial charge is 0.242 e. The van der Waals surface area contributed by atoms with E-state index < -0.39 is 0 Å². The maximum atomic E-state index is 12.5. The maximum Gasteiger partial charge on any atom is 0.242 e. The number of hydrogen-bond acceptors (Lipinski definition) is 4. The van der Waals surface area contributed by atoms with Crippen LogP contribution in [0.25, 0.3) is 0 Å². The predicted octanol–water partition coefficient (Wildman–Crippen LogP) is 2.22. The molecule has 2 N–H and O–H groups in total. The van der Waals surface area contributed by atoms with Gasteiger partial charge in [-0.3, -0.25) is 9.59 Å². The fraction of sp³-hybridized carbons (Fsp3) is 0.619. The predicted molar refractivity (Wildman–Crippen MR) is 120 cm³/mol. The largest absolute Gasteiger partial charge is 0.368 e. The summed E-state index contributed by atoms with van der Waals surface area (Å²) in [7, 11) is 0. The van der Waals surface area contributed by atoms with Gasteiger partial charge in [-0.05, 0) is 37.3 Å². The number of rotatable bonds is 4. The molecule has 1 saturated carbocycles. The van der Waals surface area contributed by atoms with Crippen molar-refractivity contribution in [3.05, 3.63) is 30.3 Å². The molecule has 0 aromatic heterocycles. The Bertz CT molecular complexity index is 654. The Hall–Kier alpha value is -1.50. The Labute approximate surface area is 185 Å². The Morgan fingerprint density at radius 2 is 1.69 bits per heavy atom. The minimum absolute atomic E-state index is 0. The highest BCUT2D eigenvalue weighted by molar-refractivity contribution is 5.87. The molecule has 2 heterocycles. The van der Waals surface area contributed by atoms with Crippen LogP contribution in [0, 0.1) is 5.92 Å². The summed E-state index contributed by atoms with van der Waals surface area (Å²) in [5.41, 5.74) is 1.20. The summed E-state index contributed by atoms with van der Waals surface area (Å²) in [4.78, 5) is 29.1. The number of halogens is 2. The molecule has 162 valence electrons. The van der Waals surface area contributed by atoms with Crippen molar-refractivity contribution in [3.8, 4) is 0 Å². The van der Waals surface area contributed by atoms with E-state index in [1.165, 1.54) is 31.4 Å². The second-order valence-electron chi connectivity index (χ2n) is 8.03. The Balaban J connectivity index is 0.00000150. The average Bonchev–Trinajstić information content (AvgIpc) is 3.17. The van der Waals surface area contributed by atoms with Crippen LogP contribution in [0.3, 0.4) is 0 Å². The van der Waals surface area contributed by atoms with Gasteiger partial charge in [0.15, 0.2) is 0 Å². The first-order valence-corrected chi connectivity index (χ1v) is 10.3. The Morgan fingerprint density at radius 1 is 1.00 bits per heavy atom. The number of fused-ring (bicyclic) bond motifs is 1. The number of para-hydroxylation sites is 1. The molecule has 3 fully saturated rings. The van der Waals surface area contributed by atoms with E-state index in [0.717, 1.165) is 19.5 Å². The normalized spacial score (nSPS) is 26.0. The summed E-state index contributed by atoms with van der Waals surface area (Å²) >= 11 is 0. The van der Waals surface area contributed by atoms with Gasteiger partial charge in [-0.2, -0.15) is 0 Å². The van der Waals surface area contributed by atoms with Gasteiger partial charge in [-0.15, -0.1) is 24.8 Å². The molecule has 3 atom stereocenters. The molecule has 8 heteroatoms. The molecule has 3 unspecified atom stereocenters. The lowest BCUT2D eigenvalue weighted by molar-refractivity contribution is -0.133. The zero-order chi connectivity index (χ0) is 18.6. The van der Waals surface area contributed by atoms with E-state index in [-0.39, 0.29) is 49.2 Å². The van der Waals surface area contributed by atoms with Crippen LogP contribution in [0.15, 0.2) is 30.3 Å². The molecule has 2 aliphatic heterocycles. The summed E-state index contributed by atoms with van der Waals surface area (Å²) < 4.78 is 0. The van der Waals surface area contributed by atoms with E-state index in [1.807, 2.05) is 23.1 Å². The van der Waals surface area contributed by atoms with Crippen molar-refractivity contribution in [2.75, 3.05) is 37.6 Å². The van der Waals surface area contributed by atoms with E-state index in [0.29, 0.717) is 25.0 Å². The van der Waals surface area contributed by atoms with Crippen molar-refractivity contribution in [1.82, 2.24) is 15.5 Å². The number of carbonyl (C=O) groups excluding carboxylic acids is 2. The summed E-state index contributed by atoms with van der Waals surface area (Å²) in [6.45, 7) is 3.18. The number of nitrogens with zero attached hydrogens (tertiary/aromatic N) is 2. The van der Waals surface area contributed by atoms with Crippen molar-refractivity contribution in [2.24, 2.45) is 5.92 Å². The number of anilines is 1. The van der Waals surface area contributed by atoms with Gasteiger partial charge in [0.25, 0.3) is 0 Å². The monoisotopic (exact) mass is 442 g/mol. The molecule has 2 saturated heterocycles.